The Morgan fingerprint density at radius 1 is 1.31 bits per heavy atom. The molecule has 0 saturated carbocycles. The molecule has 0 radical (unpaired) electrons. The molecule has 1 aliphatic heterocycles. The normalized spacial score (nSPS) is 14.9. The van der Waals surface area contributed by atoms with Crippen LogP contribution in [0.3, 0.4) is 0 Å². The Bertz CT molecular complexity index is 262. The van der Waals surface area contributed by atoms with Crippen LogP contribution in [0, 0.1) is 0 Å². The van der Waals surface area contributed by atoms with Gasteiger partial charge in [0, 0.05) is 14.1 Å². The first-order valence-corrected chi connectivity index (χ1v) is 5.62. The molecule has 1 rings (SSSR count). The molecule has 16 heavy (non-hydrogen) atoms. The highest BCUT2D eigenvalue weighted by Crippen LogP contribution is 1.99. The van der Waals surface area contributed by atoms with Crippen LogP contribution in [0.4, 0.5) is 0 Å². The van der Waals surface area contributed by atoms with E-state index in [0.29, 0.717) is 11.4 Å². The lowest BCUT2D eigenvalue weighted by Crippen LogP contribution is -2.13. The molecule has 1 aliphatic rings. The highest BCUT2D eigenvalue weighted by molar-refractivity contribution is 6.39. The van der Waals surface area contributed by atoms with Crippen LogP contribution in [0.1, 0.15) is 34.1 Å². The summed E-state index contributed by atoms with van der Waals surface area (Å²) in [6.45, 7) is 12.0. The van der Waals surface area contributed by atoms with Crippen LogP contribution in [0.5, 0.6) is 0 Å². The third-order valence-corrected chi connectivity index (χ3v) is 1.08. The van der Waals surface area contributed by atoms with E-state index in [0.717, 1.165) is 0 Å². The van der Waals surface area contributed by atoms with Crippen molar-refractivity contribution in [3.05, 3.63) is 12.3 Å². The standard InChI is InChI=1S/C7H10N4.C3H8.C2H6/c1-6-7(10-11(2)3)4-8-5-9-6;1-3-2;1-2/h4-5H,1H2,2-3H3;3H2,1-2H3;1-2H3/b10-7-;;. The lowest BCUT2D eigenvalue weighted by atomic mass is 10.3. The van der Waals surface area contributed by atoms with Crippen LogP contribution in [0.15, 0.2) is 27.4 Å². The topological polar surface area (TPSA) is 40.3 Å². The maximum absolute atomic E-state index is 4.10. The molecule has 0 fully saturated rings. The van der Waals surface area contributed by atoms with E-state index in [2.05, 4.69) is 35.5 Å². The molecule has 0 aromatic rings. The average Bonchev–Trinajstić information content (AvgIpc) is 2.25. The molecule has 0 amide bonds. The van der Waals surface area contributed by atoms with Gasteiger partial charge in [0.15, 0.2) is 0 Å². The summed E-state index contributed by atoms with van der Waals surface area (Å²) >= 11 is 0. The number of nitrogens with zero attached hydrogens (tertiary/aromatic N) is 4. The Hall–Kier alpha value is -1.45. The van der Waals surface area contributed by atoms with Crippen molar-refractivity contribution in [3.8, 4) is 0 Å². The summed E-state index contributed by atoms with van der Waals surface area (Å²) in [6.07, 6.45) is 4.34. The van der Waals surface area contributed by atoms with Gasteiger partial charge in [0.2, 0.25) is 0 Å². The molecular weight excluding hydrogens is 200 g/mol. The van der Waals surface area contributed by atoms with Crippen molar-refractivity contribution in [1.82, 2.24) is 5.01 Å². The molecule has 0 unspecified atom stereocenters. The largest absolute Gasteiger partial charge is 0.302 e. The maximum atomic E-state index is 4.10. The second kappa shape index (κ2) is 11.6. The number of hydrogen-bond donors (Lipinski definition) is 0. The van der Waals surface area contributed by atoms with Gasteiger partial charge in [0.1, 0.15) is 12.1 Å². The molecule has 0 bridgehead atoms. The van der Waals surface area contributed by atoms with Crippen molar-refractivity contribution in [3.63, 3.8) is 0 Å². The van der Waals surface area contributed by atoms with Crippen LogP contribution in [-0.2, 0) is 0 Å². The molecular formula is C12H24N4. The fraction of sp³-hybridized carbons (Fsp3) is 0.583. The van der Waals surface area contributed by atoms with Crippen LogP contribution >= 0.6 is 0 Å². The zero-order chi connectivity index (χ0) is 13.0. The zero-order valence-electron chi connectivity index (χ0n) is 11.4. The molecule has 0 aromatic heterocycles. The van der Waals surface area contributed by atoms with E-state index < -0.39 is 0 Å². The fourth-order valence-corrected chi connectivity index (χ4v) is 0.647. The van der Waals surface area contributed by atoms with Gasteiger partial charge in [-0.15, -0.1) is 0 Å². The molecule has 0 N–H and O–H groups in total. The van der Waals surface area contributed by atoms with Crippen molar-refractivity contribution >= 4 is 18.3 Å². The van der Waals surface area contributed by atoms with E-state index in [1.54, 1.807) is 11.2 Å². The summed E-state index contributed by atoms with van der Waals surface area (Å²) in [6, 6.07) is 0. The van der Waals surface area contributed by atoms with Crippen LogP contribution in [-0.4, -0.2) is 37.4 Å². The van der Waals surface area contributed by atoms with Crippen molar-refractivity contribution in [2.75, 3.05) is 14.1 Å². The molecule has 0 spiro atoms. The van der Waals surface area contributed by atoms with Crippen molar-refractivity contribution in [1.29, 1.82) is 0 Å². The number of aliphatic imine (C=N–C) groups is 2. The molecule has 92 valence electrons. The Kier molecular flexibility index (Phi) is 12.3. The van der Waals surface area contributed by atoms with Gasteiger partial charge in [-0.2, -0.15) is 5.10 Å². The average molecular weight is 224 g/mol. The van der Waals surface area contributed by atoms with E-state index in [9.17, 15) is 0 Å². The third kappa shape index (κ3) is 9.12. The lowest BCUT2D eigenvalue weighted by molar-refractivity contribution is 0.439. The minimum absolute atomic E-state index is 0.647. The molecule has 0 aliphatic carbocycles. The van der Waals surface area contributed by atoms with E-state index in [1.165, 1.54) is 12.8 Å². The summed E-state index contributed by atoms with van der Waals surface area (Å²) in [5.74, 6) is 0. The van der Waals surface area contributed by atoms with Gasteiger partial charge in [0.05, 0.1) is 11.9 Å². The van der Waals surface area contributed by atoms with Gasteiger partial charge in [-0.25, -0.2) is 9.98 Å². The number of allylic oxidation sites excluding steroid dienone is 1. The smallest absolute Gasteiger partial charge is 0.126 e. The summed E-state index contributed by atoms with van der Waals surface area (Å²) < 4.78 is 0. The molecule has 0 atom stereocenters. The van der Waals surface area contributed by atoms with E-state index in [4.69, 9.17) is 0 Å². The predicted octanol–water partition coefficient (Wildman–Crippen LogP) is 2.97. The third-order valence-electron chi connectivity index (χ3n) is 1.08. The first kappa shape index (κ1) is 17.0. The highest BCUT2D eigenvalue weighted by atomic mass is 15.4. The van der Waals surface area contributed by atoms with Crippen molar-refractivity contribution in [2.24, 2.45) is 15.1 Å². The SMILES string of the molecule is C=C1N=CN=C/C1=N/N(C)C.CC.CCC. The Morgan fingerprint density at radius 3 is 2.19 bits per heavy atom. The van der Waals surface area contributed by atoms with Gasteiger partial charge < -0.3 is 5.01 Å². The van der Waals surface area contributed by atoms with Gasteiger partial charge >= 0.3 is 0 Å². The van der Waals surface area contributed by atoms with Crippen LogP contribution in [0.25, 0.3) is 0 Å². The molecule has 0 saturated heterocycles. The minimum atomic E-state index is 0.647. The quantitative estimate of drug-likeness (QED) is 0.631. The Morgan fingerprint density at radius 2 is 1.81 bits per heavy atom. The highest BCUT2D eigenvalue weighted by Gasteiger charge is 2.02. The monoisotopic (exact) mass is 224 g/mol. The lowest BCUT2D eigenvalue weighted by Gasteiger charge is -2.07. The first-order chi connectivity index (χ1) is 7.61. The van der Waals surface area contributed by atoms with E-state index in [-0.39, 0.29) is 0 Å². The summed E-state index contributed by atoms with van der Waals surface area (Å²) in [5.41, 5.74) is 1.35. The number of rotatable bonds is 1. The molecule has 1 heterocycles. The minimum Gasteiger partial charge on any atom is -0.302 e. The van der Waals surface area contributed by atoms with E-state index in [1.807, 2.05) is 27.9 Å². The summed E-state index contributed by atoms with van der Waals surface area (Å²) in [5, 5.41) is 5.79. The second-order valence-corrected chi connectivity index (χ2v) is 3.01. The predicted molar refractivity (Wildman–Crippen MR) is 74.6 cm³/mol. The van der Waals surface area contributed by atoms with Gasteiger partial charge in [0.25, 0.3) is 0 Å². The van der Waals surface area contributed by atoms with Gasteiger partial charge in [-0.05, 0) is 0 Å². The number of hydrogen-bond acceptors (Lipinski definition) is 4. The maximum Gasteiger partial charge on any atom is 0.126 e. The Balaban J connectivity index is 0. The number of hydrazone groups is 1. The van der Waals surface area contributed by atoms with Crippen molar-refractivity contribution in [2.45, 2.75) is 34.1 Å². The summed E-state index contributed by atoms with van der Waals surface area (Å²) in [4.78, 5) is 7.72. The van der Waals surface area contributed by atoms with Crippen LogP contribution < -0.4 is 0 Å². The first-order valence-electron chi connectivity index (χ1n) is 5.62. The zero-order valence-corrected chi connectivity index (χ0v) is 11.4. The molecule has 4 heteroatoms. The van der Waals surface area contributed by atoms with Crippen LogP contribution in [0.2, 0.25) is 0 Å². The molecule has 4 nitrogen and oxygen atoms in total. The Labute approximate surface area is 99.5 Å². The van der Waals surface area contributed by atoms with Gasteiger partial charge in [-0.1, -0.05) is 40.7 Å². The summed E-state index contributed by atoms with van der Waals surface area (Å²) in [7, 11) is 3.68. The second-order valence-electron chi connectivity index (χ2n) is 3.01. The molecule has 0 aromatic carbocycles. The van der Waals surface area contributed by atoms with E-state index >= 15 is 0 Å². The fourth-order valence-electron chi connectivity index (χ4n) is 0.647. The van der Waals surface area contributed by atoms with Crippen molar-refractivity contribution < 1.29 is 0 Å². The van der Waals surface area contributed by atoms with Gasteiger partial charge in [-0.3, -0.25) is 0 Å².